The maximum atomic E-state index is 13.2. The second-order valence-electron chi connectivity index (χ2n) is 5.41. The largest absolute Gasteiger partial charge is 0.310 e. The van der Waals surface area contributed by atoms with Crippen LogP contribution in [0.1, 0.15) is 41.0 Å². The van der Waals surface area contributed by atoms with Gasteiger partial charge in [0.15, 0.2) is 0 Å². The minimum atomic E-state index is -0.186. The smallest absolute Gasteiger partial charge is 0.123 e. The monoisotopic (exact) mass is 287 g/mol. The fourth-order valence-corrected chi connectivity index (χ4v) is 2.57. The summed E-state index contributed by atoms with van der Waals surface area (Å²) in [4.78, 5) is 0. The van der Waals surface area contributed by atoms with Crippen molar-refractivity contribution >= 4 is 0 Å². The van der Waals surface area contributed by atoms with Gasteiger partial charge in [-0.1, -0.05) is 13.0 Å². The second-order valence-corrected chi connectivity index (χ2v) is 5.41. The SMILES string of the molecule is CCNC(Cc1ccc(F)cc1C)c1cc(C)nnc1C. The van der Waals surface area contributed by atoms with E-state index in [0.717, 1.165) is 41.0 Å². The normalized spacial score (nSPS) is 12.4. The lowest BCUT2D eigenvalue weighted by Gasteiger charge is -2.21. The summed E-state index contributed by atoms with van der Waals surface area (Å²) < 4.78 is 13.2. The molecule has 1 heterocycles. The number of rotatable bonds is 5. The van der Waals surface area contributed by atoms with Crippen LogP contribution in [0.3, 0.4) is 0 Å². The van der Waals surface area contributed by atoms with Gasteiger partial charge in [0.05, 0.1) is 11.4 Å². The minimum absolute atomic E-state index is 0.161. The van der Waals surface area contributed by atoms with Crippen molar-refractivity contribution in [1.82, 2.24) is 15.5 Å². The zero-order valence-corrected chi connectivity index (χ0v) is 13.1. The van der Waals surface area contributed by atoms with Gasteiger partial charge in [0.1, 0.15) is 5.82 Å². The van der Waals surface area contributed by atoms with Gasteiger partial charge in [-0.25, -0.2) is 4.39 Å². The van der Waals surface area contributed by atoms with Crippen LogP contribution in [-0.2, 0) is 6.42 Å². The molecule has 1 atom stereocenters. The molecular formula is C17H22FN3. The molecule has 0 saturated heterocycles. The van der Waals surface area contributed by atoms with Crippen molar-refractivity contribution < 1.29 is 4.39 Å². The number of halogens is 1. The number of benzene rings is 1. The first kappa shape index (κ1) is 15.6. The molecule has 112 valence electrons. The quantitative estimate of drug-likeness (QED) is 0.915. The molecule has 0 aliphatic carbocycles. The molecule has 2 rings (SSSR count). The van der Waals surface area contributed by atoms with E-state index in [1.54, 1.807) is 6.07 Å². The van der Waals surface area contributed by atoms with Crippen molar-refractivity contribution in [3.05, 3.63) is 58.2 Å². The maximum Gasteiger partial charge on any atom is 0.123 e. The van der Waals surface area contributed by atoms with Crippen molar-refractivity contribution in [2.45, 2.75) is 40.2 Å². The fraction of sp³-hybridized carbons (Fsp3) is 0.412. The third-order valence-corrected chi connectivity index (χ3v) is 3.69. The molecule has 0 fully saturated rings. The van der Waals surface area contributed by atoms with Crippen molar-refractivity contribution in [1.29, 1.82) is 0 Å². The third kappa shape index (κ3) is 3.85. The van der Waals surface area contributed by atoms with Crippen molar-refractivity contribution in [3.8, 4) is 0 Å². The second kappa shape index (κ2) is 6.76. The van der Waals surface area contributed by atoms with E-state index >= 15 is 0 Å². The number of aryl methyl sites for hydroxylation is 3. The molecule has 0 spiro atoms. The van der Waals surface area contributed by atoms with E-state index < -0.39 is 0 Å². The molecule has 4 heteroatoms. The predicted octanol–water partition coefficient (Wildman–Crippen LogP) is 3.43. The Labute approximate surface area is 125 Å². The molecular weight excluding hydrogens is 265 g/mol. The molecule has 1 aromatic heterocycles. The molecule has 3 nitrogen and oxygen atoms in total. The lowest BCUT2D eigenvalue weighted by molar-refractivity contribution is 0.540. The molecule has 1 aromatic carbocycles. The number of hydrogen-bond acceptors (Lipinski definition) is 3. The van der Waals surface area contributed by atoms with E-state index in [1.165, 1.54) is 6.07 Å². The Hall–Kier alpha value is -1.81. The first-order chi connectivity index (χ1) is 10.0. The number of nitrogens with one attached hydrogen (secondary N) is 1. The first-order valence-corrected chi connectivity index (χ1v) is 7.30. The van der Waals surface area contributed by atoms with E-state index in [0.29, 0.717) is 0 Å². The van der Waals surface area contributed by atoms with Gasteiger partial charge in [0.2, 0.25) is 0 Å². The summed E-state index contributed by atoms with van der Waals surface area (Å²) in [5.74, 6) is -0.186. The van der Waals surface area contributed by atoms with Gasteiger partial charge in [0.25, 0.3) is 0 Å². The summed E-state index contributed by atoms with van der Waals surface area (Å²) in [5.41, 5.74) is 5.14. The Morgan fingerprint density at radius 2 is 1.90 bits per heavy atom. The minimum Gasteiger partial charge on any atom is -0.310 e. The van der Waals surface area contributed by atoms with Crippen LogP contribution in [0.2, 0.25) is 0 Å². The first-order valence-electron chi connectivity index (χ1n) is 7.30. The van der Waals surface area contributed by atoms with Gasteiger partial charge >= 0.3 is 0 Å². The highest BCUT2D eigenvalue weighted by Gasteiger charge is 2.16. The van der Waals surface area contributed by atoms with E-state index in [2.05, 4.69) is 28.5 Å². The summed E-state index contributed by atoms with van der Waals surface area (Å²) in [6.07, 6.45) is 0.811. The standard InChI is InChI=1S/C17H22FN3/c1-5-19-17(16-9-12(3)20-21-13(16)4)10-14-6-7-15(18)8-11(14)2/h6-9,17,19H,5,10H2,1-4H3. The Morgan fingerprint density at radius 1 is 1.14 bits per heavy atom. The van der Waals surface area contributed by atoms with Crippen molar-refractivity contribution in [2.75, 3.05) is 6.54 Å². The highest BCUT2D eigenvalue weighted by molar-refractivity contribution is 5.31. The molecule has 0 radical (unpaired) electrons. The van der Waals surface area contributed by atoms with Crippen LogP contribution in [0, 0.1) is 26.6 Å². The number of nitrogens with zero attached hydrogens (tertiary/aromatic N) is 2. The Bertz CT molecular complexity index is 625. The van der Waals surface area contributed by atoms with Crippen LogP contribution in [0.25, 0.3) is 0 Å². The average molecular weight is 287 g/mol. The third-order valence-electron chi connectivity index (χ3n) is 3.69. The van der Waals surface area contributed by atoms with Gasteiger partial charge < -0.3 is 5.32 Å². The van der Waals surface area contributed by atoms with E-state index in [1.807, 2.05) is 26.8 Å². The van der Waals surface area contributed by atoms with Gasteiger partial charge in [-0.3, -0.25) is 0 Å². The van der Waals surface area contributed by atoms with Gasteiger partial charge in [-0.05, 0) is 68.6 Å². The molecule has 1 N–H and O–H groups in total. The van der Waals surface area contributed by atoms with Crippen LogP contribution in [0.4, 0.5) is 4.39 Å². The Morgan fingerprint density at radius 3 is 2.57 bits per heavy atom. The van der Waals surface area contributed by atoms with Crippen molar-refractivity contribution in [3.63, 3.8) is 0 Å². The fourth-order valence-electron chi connectivity index (χ4n) is 2.57. The molecule has 0 aliphatic rings. The van der Waals surface area contributed by atoms with Crippen LogP contribution >= 0.6 is 0 Å². The average Bonchev–Trinajstić information content (AvgIpc) is 2.44. The van der Waals surface area contributed by atoms with Crippen LogP contribution < -0.4 is 5.32 Å². The maximum absolute atomic E-state index is 13.2. The lowest BCUT2D eigenvalue weighted by atomic mass is 9.95. The Kier molecular flexibility index (Phi) is 5.02. The highest BCUT2D eigenvalue weighted by atomic mass is 19.1. The van der Waals surface area contributed by atoms with E-state index in [-0.39, 0.29) is 11.9 Å². The van der Waals surface area contributed by atoms with E-state index in [9.17, 15) is 4.39 Å². The molecule has 0 amide bonds. The molecule has 0 bridgehead atoms. The summed E-state index contributed by atoms with van der Waals surface area (Å²) >= 11 is 0. The van der Waals surface area contributed by atoms with Gasteiger partial charge in [0, 0.05) is 6.04 Å². The Balaban J connectivity index is 2.32. The van der Waals surface area contributed by atoms with Gasteiger partial charge in [-0.2, -0.15) is 10.2 Å². The van der Waals surface area contributed by atoms with Gasteiger partial charge in [-0.15, -0.1) is 0 Å². The zero-order valence-electron chi connectivity index (χ0n) is 13.1. The summed E-state index contributed by atoms with van der Waals surface area (Å²) in [6.45, 7) is 8.82. The zero-order chi connectivity index (χ0) is 15.4. The molecule has 2 aromatic rings. The number of likely N-dealkylation sites (N-methyl/N-ethyl adjacent to an activating group) is 1. The molecule has 0 saturated carbocycles. The molecule has 1 unspecified atom stereocenters. The van der Waals surface area contributed by atoms with Crippen LogP contribution in [0.15, 0.2) is 24.3 Å². The van der Waals surface area contributed by atoms with E-state index in [4.69, 9.17) is 0 Å². The number of aromatic nitrogens is 2. The lowest BCUT2D eigenvalue weighted by Crippen LogP contribution is -2.24. The number of hydrogen-bond donors (Lipinski definition) is 1. The molecule has 0 aliphatic heterocycles. The summed E-state index contributed by atoms with van der Waals surface area (Å²) in [6, 6.07) is 7.21. The van der Waals surface area contributed by atoms with Crippen molar-refractivity contribution in [2.24, 2.45) is 0 Å². The highest BCUT2D eigenvalue weighted by Crippen LogP contribution is 2.23. The molecule has 21 heavy (non-hydrogen) atoms. The summed E-state index contributed by atoms with van der Waals surface area (Å²) in [7, 11) is 0. The topological polar surface area (TPSA) is 37.8 Å². The van der Waals surface area contributed by atoms with Crippen LogP contribution in [-0.4, -0.2) is 16.7 Å². The van der Waals surface area contributed by atoms with Crippen LogP contribution in [0.5, 0.6) is 0 Å². The summed E-state index contributed by atoms with van der Waals surface area (Å²) in [5, 5.41) is 11.8. The predicted molar refractivity (Wildman–Crippen MR) is 82.8 cm³/mol.